The Morgan fingerprint density at radius 1 is 1.29 bits per heavy atom. The molecular formula is C15H22BrN3O2. The van der Waals surface area contributed by atoms with Gasteiger partial charge in [-0.15, -0.1) is 0 Å². The number of carbonyl (C=O) groups excluding carboxylic acids is 1. The Bertz CT molecular complexity index is 450. The van der Waals surface area contributed by atoms with Crippen LogP contribution in [0.1, 0.15) is 6.42 Å². The van der Waals surface area contributed by atoms with E-state index in [-0.39, 0.29) is 5.91 Å². The Morgan fingerprint density at radius 3 is 2.86 bits per heavy atom. The van der Waals surface area contributed by atoms with E-state index in [1.807, 2.05) is 24.3 Å². The third-order valence-electron chi connectivity index (χ3n) is 3.35. The number of rotatable bonds is 7. The molecule has 1 heterocycles. The van der Waals surface area contributed by atoms with E-state index in [1.54, 1.807) is 0 Å². The molecule has 0 atom stereocenters. The number of benzene rings is 1. The minimum atomic E-state index is 0.0342. The van der Waals surface area contributed by atoms with Gasteiger partial charge in [-0.2, -0.15) is 0 Å². The molecule has 1 aromatic rings. The zero-order valence-electron chi connectivity index (χ0n) is 12.1. The first-order valence-corrected chi connectivity index (χ1v) is 8.09. The second kappa shape index (κ2) is 9.15. The van der Waals surface area contributed by atoms with Crippen LogP contribution >= 0.6 is 15.9 Å². The summed E-state index contributed by atoms with van der Waals surface area (Å²) in [6.07, 6.45) is 0.482. The minimum Gasteiger partial charge on any atom is -0.379 e. The van der Waals surface area contributed by atoms with Crippen LogP contribution in [0.5, 0.6) is 0 Å². The first-order valence-electron chi connectivity index (χ1n) is 7.30. The SMILES string of the molecule is O=C(CCNCCN1CCOCC1)Nc1cccc(Br)c1. The summed E-state index contributed by atoms with van der Waals surface area (Å²) in [6.45, 7) is 6.28. The molecule has 1 amide bonds. The van der Waals surface area contributed by atoms with Gasteiger partial charge in [0.2, 0.25) is 5.91 Å². The highest BCUT2D eigenvalue weighted by Crippen LogP contribution is 2.15. The number of ether oxygens (including phenoxy) is 1. The van der Waals surface area contributed by atoms with Crippen molar-refractivity contribution < 1.29 is 9.53 Å². The molecule has 21 heavy (non-hydrogen) atoms. The molecule has 6 heteroatoms. The third-order valence-corrected chi connectivity index (χ3v) is 3.84. The molecule has 2 N–H and O–H groups in total. The summed E-state index contributed by atoms with van der Waals surface area (Å²) in [5, 5.41) is 6.20. The van der Waals surface area contributed by atoms with Crippen molar-refractivity contribution in [2.75, 3.05) is 51.3 Å². The van der Waals surface area contributed by atoms with Gasteiger partial charge < -0.3 is 15.4 Å². The maximum atomic E-state index is 11.8. The fourth-order valence-electron chi connectivity index (χ4n) is 2.18. The molecule has 0 aromatic heterocycles. The first kappa shape index (κ1) is 16.4. The molecule has 0 spiro atoms. The normalized spacial score (nSPS) is 15.9. The van der Waals surface area contributed by atoms with E-state index >= 15 is 0 Å². The van der Waals surface area contributed by atoms with Crippen molar-refractivity contribution in [1.29, 1.82) is 0 Å². The van der Waals surface area contributed by atoms with Crippen LogP contribution in [0, 0.1) is 0 Å². The number of carbonyl (C=O) groups is 1. The smallest absolute Gasteiger partial charge is 0.225 e. The Labute approximate surface area is 134 Å². The zero-order valence-corrected chi connectivity index (χ0v) is 13.7. The molecule has 1 saturated heterocycles. The lowest BCUT2D eigenvalue weighted by Gasteiger charge is -2.26. The molecule has 116 valence electrons. The van der Waals surface area contributed by atoms with E-state index in [9.17, 15) is 4.79 Å². The van der Waals surface area contributed by atoms with Crippen molar-refractivity contribution in [3.63, 3.8) is 0 Å². The molecular weight excluding hydrogens is 334 g/mol. The van der Waals surface area contributed by atoms with Gasteiger partial charge >= 0.3 is 0 Å². The summed E-state index contributed by atoms with van der Waals surface area (Å²) in [5.74, 6) is 0.0342. The van der Waals surface area contributed by atoms with Crippen molar-refractivity contribution in [3.8, 4) is 0 Å². The summed E-state index contributed by atoms with van der Waals surface area (Å²) >= 11 is 3.39. The van der Waals surface area contributed by atoms with Crippen molar-refractivity contribution in [3.05, 3.63) is 28.7 Å². The Morgan fingerprint density at radius 2 is 2.10 bits per heavy atom. The van der Waals surface area contributed by atoms with Gasteiger partial charge in [0.1, 0.15) is 0 Å². The van der Waals surface area contributed by atoms with Crippen molar-refractivity contribution in [2.45, 2.75) is 6.42 Å². The minimum absolute atomic E-state index is 0.0342. The van der Waals surface area contributed by atoms with Gasteiger partial charge in [0, 0.05) is 49.3 Å². The van der Waals surface area contributed by atoms with Gasteiger partial charge in [-0.25, -0.2) is 0 Å². The van der Waals surface area contributed by atoms with Crippen LogP contribution in [0.4, 0.5) is 5.69 Å². The van der Waals surface area contributed by atoms with Crippen LogP contribution in [0.2, 0.25) is 0 Å². The summed E-state index contributed by atoms with van der Waals surface area (Å²) in [5.41, 5.74) is 0.822. The van der Waals surface area contributed by atoms with Crippen LogP contribution in [-0.4, -0.2) is 56.7 Å². The fraction of sp³-hybridized carbons (Fsp3) is 0.533. The summed E-state index contributed by atoms with van der Waals surface area (Å²) in [6, 6.07) is 7.61. The van der Waals surface area contributed by atoms with Crippen molar-refractivity contribution in [2.24, 2.45) is 0 Å². The molecule has 1 fully saturated rings. The molecule has 1 aliphatic rings. The molecule has 5 nitrogen and oxygen atoms in total. The van der Waals surface area contributed by atoms with E-state index in [4.69, 9.17) is 4.74 Å². The Balaban J connectivity index is 1.54. The summed E-state index contributed by atoms with van der Waals surface area (Å²) < 4.78 is 6.27. The van der Waals surface area contributed by atoms with E-state index in [1.165, 1.54) is 0 Å². The van der Waals surface area contributed by atoms with E-state index < -0.39 is 0 Å². The van der Waals surface area contributed by atoms with Gasteiger partial charge in [-0.05, 0) is 18.2 Å². The van der Waals surface area contributed by atoms with Crippen molar-refractivity contribution in [1.82, 2.24) is 10.2 Å². The maximum absolute atomic E-state index is 11.8. The largest absolute Gasteiger partial charge is 0.379 e. The second-order valence-electron chi connectivity index (χ2n) is 5.01. The van der Waals surface area contributed by atoms with E-state index in [0.29, 0.717) is 13.0 Å². The highest BCUT2D eigenvalue weighted by atomic mass is 79.9. The lowest BCUT2D eigenvalue weighted by molar-refractivity contribution is -0.116. The molecule has 0 saturated carbocycles. The summed E-state index contributed by atoms with van der Waals surface area (Å²) in [4.78, 5) is 14.2. The predicted molar refractivity (Wildman–Crippen MR) is 87.5 cm³/mol. The topological polar surface area (TPSA) is 53.6 Å². The molecule has 1 aliphatic heterocycles. The molecule has 0 aliphatic carbocycles. The van der Waals surface area contributed by atoms with Gasteiger partial charge in [0.25, 0.3) is 0 Å². The van der Waals surface area contributed by atoms with Gasteiger partial charge in [-0.1, -0.05) is 22.0 Å². The zero-order chi connectivity index (χ0) is 14.9. The number of hydrogen-bond donors (Lipinski definition) is 2. The Hall–Kier alpha value is -0.950. The fourth-order valence-corrected chi connectivity index (χ4v) is 2.58. The van der Waals surface area contributed by atoms with Crippen LogP contribution in [-0.2, 0) is 9.53 Å². The lowest BCUT2D eigenvalue weighted by atomic mass is 10.3. The number of morpholine rings is 1. The number of halogens is 1. The molecule has 1 aromatic carbocycles. The summed E-state index contributed by atoms with van der Waals surface area (Å²) in [7, 11) is 0. The molecule has 0 radical (unpaired) electrons. The van der Waals surface area contributed by atoms with Crippen LogP contribution in [0.25, 0.3) is 0 Å². The lowest BCUT2D eigenvalue weighted by Crippen LogP contribution is -2.40. The number of nitrogens with zero attached hydrogens (tertiary/aromatic N) is 1. The van der Waals surface area contributed by atoms with Crippen LogP contribution in [0.3, 0.4) is 0 Å². The average Bonchev–Trinajstić information content (AvgIpc) is 2.48. The standard InChI is InChI=1S/C15H22BrN3O2/c16-13-2-1-3-14(12-13)18-15(20)4-5-17-6-7-19-8-10-21-11-9-19/h1-3,12,17H,4-11H2,(H,18,20). The maximum Gasteiger partial charge on any atom is 0.225 e. The van der Waals surface area contributed by atoms with Gasteiger partial charge in [0.15, 0.2) is 0 Å². The van der Waals surface area contributed by atoms with E-state index in [0.717, 1.165) is 49.6 Å². The highest BCUT2D eigenvalue weighted by molar-refractivity contribution is 9.10. The first-order chi connectivity index (χ1) is 10.2. The van der Waals surface area contributed by atoms with Crippen molar-refractivity contribution >= 4 is 27.5 Å². The second-order valence-corrected chi connectivity index (χ2v) is 5.93. The van der Waals surface area contributed by atoms with Gasteiger partial charge in [-0.3, -0.25) is 9.69 Å². The Kier molecular flexibility index (Phi) is 7.15. The third kappa shape index (κ3) is 6.56. The molecule has 2 rings (SSSR count). The van der Waals surface area contributed by atoms with Gasteiger partial charge in [0.05, 0.1) is 13.2 Å². The van der Waals surface area contributed by atoms with Crippen LogP contribution < -0.4 is 10.6 Å². The van der Waals surface area contributed by atoms with Crippen LogP contribution in [0.15, 0.2) is 28.7 Å². The predicted octanol–water partition coefficient (Wildman–Crippen LogP) is 1.70. The monoisotopic (exact) mass is 355 g/mol. The quantitative estimate of drug-likeness (QED) is 0.731. The molecule has 0 unspecified atom stereocenters. The highest BCUT2D eigenvalue weighted by Gasteiger charge is 2.09. The average molecular weight is 356 g/mol. The number of hydrogen-bond acceptors (Lipinski definition) is 4. The number of nitrogens with one attached hydrogen (secondary N) is 2. The number of amides is 1. The molecule has 0 bridgehead atoms. The van der Waals surface area contributed by atoms with E-state index in [2.05, 4.69) is 31.5 Å². The number of anilines is 1.